The van der Waals surface area contributed by atoms with Gasteiger partial charge in [0.25, 0.3) is 11.0 Å². The molecule has 0 saturated heterocycles. The topological polar surface area (TPSA) is 179 Å². The SMILES string of the molecule is CCOc1nc2cccc(C(=O)OC(C)OC(=O)CCCON[N+](=O)N(CC)CC)c2n1Cc1ccc(-c2ccccc2-c2nn[nH]n2)cc1. The zero-order valence-corrected chi connectivity index (χ0v) is 28.4. The molecule has 1 unspecified atom stereocenters. The van der Waals surface area contributed by atoms with Crippen LogP contribution in [0.2, 0.25) is 0 Å². The Kier molecular flexibility index (Phi) is 12.0. The molecule has 5 aromatic rings. The van der Waals surface area contributed by atoms with Gasteiger partial charge in [0.2, 0.25) is 12.1 Å². The van der Waals surface area contributed by atoms with Gasteiger partial charge in [-0.2, -0.15) is 10.2 Å². The Morgan fingerprint density at radius 1 is 0.980 bits per heavy atom. The lowest BCUT2D eigenvalue weighted by Gasteiger charge is -2.16. The zero-order valence-electron chi connectivity index (χ0n) is 28.4. The molecule has 0 bridgehead atoms. The molecular formula is C34H40N9O7+. The van der Waals surface area contributed by atoms with Crippen LogP contribution in [0.25, 0.3) is 33.5 Å². The fourth-order valence-corrected chi connectivity index (χ4v) is 5.30. The van der Waals surface area contributed by atoms with Gasteiger partial charge in [-0.3, -0.25) is 9.36 Å². The molecule has 0 saturated carbocycles. The highest BCUT2D eigenvalue weighted by Crippen LogP contribution is 2.31. The predicted molar refractivity (Wildman–Crippen MR) is 181 cm³/mol. The van der Waals surface area contributed by atoms with Crippen molar-refractivity contribution in [2.75, 3.05) is 26.3 Å². The summed E-state index contributed by atoms with van der Waals surface area (Å²) in [5.74, 6) is -0.767. The van der Waals surface area contributed by atoms with Crippen LogP contribution in [0, 0.1) is 4.91 Å². The monoisotopic (exact) mass is 686 g/mol. The van der Waals surface area contributed by atoms with E-state index in [-0.39, 0.29) is 25.0 Å². The number of carbonyl (C=O) groups is 2. The van der Waals surface area contributed by atoms with Crippen LogP contribution in [0.1, 0.15) is 56.5 Å². The fraction of sp³-hybridized carbons (Fsp3) is 0.353. The average molecular weight is 687 g/mol. The Hall–Kier alpha value is -5.90. The summed E-state index contributed by atoms with van der Waals surface area (Å²) in [6.07, 6.45) is -0.881. The highest BCUT2D eigenvalue weighted by atomic mass is 16.7. The van der Waals surface area contributed by atoms with Crippen LogP contribution >= 0.6 is 0 Å². The normalized spacial score (nSPS) is 11.6. The molecule has 0 spiro atoms. The lowest BCUT2D eigenvalue weighted by atomic mass is 9.98. The minimum atomic E-state index is -1.16. The maximum Gasteiger partial charge on any atom is 0.343 e. The van der Waals surface area contributed by atoms with Gasteiger partial charge in [-0.05, 0) is 61.2 Å². The van der Waals surface area contributed by atoms with Gasteiger partial charge in [-0.15, -0.1) is 15.2 Å². The summed E-state index contributed by atoms with van der Waals surface area (Å²) < 4.78 is 18.5. The largest absolute Gasteiger partial charge is 0.465 e. The van der Waals surface area contributed by atoms with Gasteiger partial charge < -0.3 is 14.2 Å². The second kappa shape index (κ2) is 17.0. The second-order valence-corrected chi connectivity index (χ2v) is 11.0. The number of nitrogens with one attached hydrogen (secondary N) is 2. The third-order valence-electron chi connectivity index (χ3n) is 7.67. The molecular weight excluding hydrogens is 646 g/mol. The number of aromatic amines is 1. The van der Waals surface area contributed by atoms with E-state index in [2.05, 4.69) is 31.2 Å². The number of para-hydroxylation sites is 1. The van der Waals surface area contributed by atoms with E-state index in [1.807, 2.05) is 73.9 Å². The first kappa shape index (κ1) is 35.4. The van der Waals surface area contributed by atoms with E-state index in [0.717, 1.165) is 22.3 Å². The highest BCUT2D eigenvalue weighted by molar-refractivity contribution is 6.02. The number of carbonyl (C=O) groups excluding carboxylic acids is 2. The van der Waals surface area contributed by atoms with Gasteiger partial charge in [0.05, 0.1) is 54.4 Å². The van der Waals surface area contributed by atoms with Crippen LogP contribution in [0.15, 0.2) is 66.7 Å². The van der Waals surface area contributed by atoms with Gasteiger partial charge in [0.15, 0.2) is 0 Å². The number of hydrogen-bond acceptors (Lipinski definition) is 11. The summed E-state index contributed by atoms with van der Waals surface area (Å²) in [6, 6.07) is 21.3. The molecule has 0 aliphatic heterocycles. The third kappa shape index (κ3) is 8.57. The van der Waals surface area contributed by atoms with Crippen LogP contribution < -0.4 is 10.3 Å². The van der Waals surface area contributed by atoms with Crippen LogP contribution in [-0.2, 0) is 25.7 Å². The van der Waals surface area contributed by atoms with E-state index in [4.69, 9.17) is 19.0 Å². The molecule has 262 valence electrons. The number of tetrazole rings is 1. The number of H-pyrrole nitrogens is 1. The number of esters is 2. The second-order valence-electron chi connectivity index (χ2n) is 11.0. The van der Waals surface area contributed by atoms with E-state index >= 15 is 0 Å². The van der Waals surface area contributed by atoms with Crippen molar-refractivity contribution in [1.29, 1.82) is 0 Å². The zero-order chi connectivity index (χ0) is 35.5. The van der Waals surface area contributed by atoms with Crippen molar-refractivity contribution in [3.63, 3.8) is 0 Å². The van der Waals surface area contributed by atoms with Gasteiger partial charge in [0, 0.05) is 24.5 Å². The molecule has 3 aromatic carbocycles. The number of nitroso groups, excluding NO2 is 1. The molecule has 0 fully saturated rings. The highest BCUT2D eigenvalue weighted by Gasteiger charge is 2.23. The molecule has 50 heavy (non-hydrogen) atoms. The van der Waals surface area contributed by atoms with E-state index in [1.54, 1.807) is 18.2 Å². The Morgan fingerprint density at radius 3 is 2.44 bits per heavy atom. The van der Waals surface area contributed by atoms with Crippen molar-refractivity contribution in [2.24, 2.45) is 0 Å². The molecule has 2 heterocycles. The van der Waals surface area contributed by atoms with Crippen LogP contribution in [0.3, 0.4) is 0 Å². The van der Waals surface area contributed by atoms with Crippen molar-refractivity contribution in [3.05, 3.63) is 82.8 Å². The number of benzene rings is 3. The molecule has 16 heteroatoms. The van der Waals surface area contributed by atoms with Crippen molar-refractivity contribution in [2.45, 2.75) is 53.4 Å². The van der Waals surface area contributed by atoms with Crippen LogP contribution in [0.5, 0.6) is 6.01 Å². The number of ether oxygens (including phenoxy) is 3. The number of nitrogens with zero attached hydrogens (tertiary/aromatic N) is 7. The fourth-order valence-electron chi connectivity index (χ4n) is 5.30. The molecule has 0 aliphatic carbocycles. The number of hydrazine groups is 2. The average Bonchev–Trinajstić information content (AvgIpc) is 3.78. The van der Waals surface area contributed by atoms with Crippen LogP contribution in [0.4, 0.5) is 0 Å². The predicted octanol–water partition coefficient (Wildman–Crippen LogP) is 4.63. The molecule has 0 amide bonds. The van der Waals surface area contributed by atoms with E-state index < -0.39 is 18.2 Å². The standard InChI is InChI=1S/C34H40N9O7/c1-5-41(6-2)43(46)40-48-21-11-16-30(44)49-23(4)50-33(45)28-14-10-15-29-31(28)42(34(35-29)47-7-3)22-24-17-19-25(20-18-24)26-12-8-9-13-27(26)32-36-38-39-37-32/h8-10,12-15,17-20,23H,5-7,11,16,21-22H2,1-4H3,(H,40,46)(H,36,37,38,39)/q+1. The summed E-state index contributed by atoms with van der Waals surface area (Å²) in [5.41, 5.74) is 7.28. The van der Waals surface area contributed by atoms with Crippen molar-refractivity contribution in [1.82, 2.24) is 40.8 Å². The molecule has 16 nitrogen and oxygen atoms in total. The molecule has 1 atom stereocenters. The minimum absolute atomic E-state index is 0.00472. The first-order valence-electron chi connectivity index (χ1n) is 16.4. The lowest BCUT2D eigenvalue weighted by molar-refractivity contribution is -0.788. The summed E-state index contributed by atoms with van der Waals surface area (Å²) in [4.78, 5) is 47.9. The van der Waals surface area contributed by atoms with Crippen LogP contribution in [-0.4, -0.2) is 84.7 Å². The number of fused-ring (bicyclic) bond motifs is 1. The molecule has 2 N–H and O–H groups in total. The van der Waals surface area contributed by atoms with Crippen molar-refractivity contribution in [3.8, 4) is 28.5 Å². The summed E-state index contributed by atoms with van der Waals surface area (Å²) in [6.45, 7) is 8.85. The van der Waals surface area contributed by atoms with Gasteiger partial charge in [-0.1, -0.05) is 54.6 Å². The lowest BCUT2D eigenvalue weighted by Crippen LogP contribution is -2.42. The Labute approximate surface area is 288 Å². The summed E-state index contributed by atoms with van der Waals surface area (Å²) >= 11 is 0. The Morgan fingerprint density at radius 2 is 1.74 bits per heavy atom. The number of rotatable bonds is 18. The van der Waals surface area contributed by atoms with E-state index in [0.29, 0.717) is 54.1 Å². The van der Waals surface area contributed by atoms with Crippen molar-refractivity contribution >= 4 is 23.0 Å². The van der Waals surface area contributed by atoms with Gasteiger partial charge in [-0.25, -0.2) is 9.63 Å². The molecule has 5 rings (SSSR count). The quantitative estimate of drug-likeness (QED) is 0.0429. The maximum atomic E-state index is 13.4. The molecule has 0 aliphatic rings. The summed E-state index contributed by atoms with van der Waals surface area (Å²) in [7, 11) is 0. The molecule has 0 radical (unpaired) electrons. The first-order valence-corrected chi connectivity index (χ1v) is 16.4. The third-order valence-corrected chi connectivity index (χ3v) is 7.67. The maximum absolute atomic E-state index is 13.4. The Balaban J connectivity index is 1.25. The van der Waals surface area contributed by atoms with Crippen molar-refractivity contribution < 1.29 is 33.6 Å². The molecule has 2 aromatic heterocycles. The Bertz CT molecular complexity index is 1890. The van der Waals surface area contributed by atoms with E-state index in [9.17, 15) is 14.5 Å². The minimum Gasteiger partial charge on any atom is -0.465 e. The number of imidazole rings is 1. The smallest absolute Gasteiger partial charge is 0.343 e. The first-order chi connectivity index (χ1) is 24.3. The van der Waals surface area contributed by atoms with Gasteiger partial charge in [0.1, 0.15) is 0 Å². The number of aromatic nitrogens is 6. The number of hydrogen-bond donors (Lipinski definition) is 2. The van der Waals surface area contributed by atoms with Gasteiger partial charge >= 0.3 is 11.9 Å². The summed E-state index contributed by atoms with van der Waals surface area (Å²) in [5, 5.41) is 15.9. The van der Waals surface area contributed by atoms with E-state index in [1.165, 1.54) is 11.9 Å².